The molecular formula is C61H98O25. The van der Waals surface area contributed by atoms with E-state index in [1.54, 1.807) is 41.5 Å². The monoisotopic (exact) mass is 1230 g/mol. The Morgan fingerprint density at radius 3 is 2.00 bits per heavy atom. The van der Waals surface area contributed by atoms with Crippen LogP contribution in [-0.2, 0) is 68.1 Å². The van der Waals surface area contributed by atoms with Gasteiger partial charge in [0.1, 0.15) is 71.7 Å². The molecule has 0 amide bonds. The molecule has 22 atom stereocenters. The summed E-state index contributed by atoms with van der Waals surface area (Å²) in [5.74, 6) is -4.62. The minimum atomic E-state index is -1.92. The fraction of sp³-hybridized carbons (Fsp3) is 0.787. The van der Waals surface area contributed by atoms with Crippen LogP contribution in [0.15, 0.2) is 12.1 Å². The number of esters is 1. The molecule has 2 aromatic rings. The van der Waals surface area contributed by atoms with Crippen LogP contribution in [0.3, 0.4) is 0 Å². The van der Waals surface area contributed by atoms with Crippen molar-refractivity contribution >= 4 is 28.3 Å². The molecule has 0 bridgehead atoms. The fourth-order valence-electron chi connectivity index (χ4n) is 10.9. The van der Waals surface area contributed by atoms with Crippen LogP contribution in [0.4, 0.5) is 0 Å². The normalized spacial score (nSPS) is 28.6. The number of hydrogen-bond acceptors (Lipinski definition) is 25. The number of benzene rings is 2. The first-order chi connectivity index (χ1) is 40.5. The second-order valence-corrected chi connectivity index (χ2v) is 23.5. The van der Waals surface area contributed by atoms with Crippen LogP contribution < -0.4 is 4.74 Å². The summed E-state index contributed by atoms with van der Waals surface area (Å²) in [6.07, 6.45) is -16.8. The van der Waals surface area contributed by atoms with Crippen molar-refractivity contribution in [2.45, 2.75) is 276 Å². The van der Waals surface area contributed by atoms with Crippen molar-refractivity contribution in [1.82, 2.24) is 0 Å². The van der Waals surface area contributed by atoms with Gasteiger partial charge in [0.2, 0.25) is 0 Å². The van der Waals surface area contributed by atoms with Crippen molar-refractivity contribution in [2.24, 2.45) is 5.92 Å². The van der Waals surface area contributed by atoms with Crippen LogP contribution >= 0.6 is 0 Å². The smallest absolute Gasteiger partial charge is 0.306 e. The fourth-order valence-corrected chi connectivity index (χ4v) is 10.9. The minimum Gasteiger partial charge on any atom is -0.507 e. The first-order valence-electron chi connectivity index (χ1n) is 30.2. The predicted molar refractivity (Wildman–Crippen MR) is 307 cm³/mol. The Kier molecular flexibility index (Phi) is 28.2. The first kappa shape index (κ1) is 72.9. The van der Waals surface area contributed by atoms with Gasteiger partial charge < -0.3 is 108 Å². The highest BCUT2D eigenvalue weighted by molar-refractivity contribution is 6.11. The molecule has 492 valence electrons. The molecule has 25 nitrogen and oxygen atoms in total. The molecule has 2 aliphatic heterocycles. The molecule has 2 fully saturated rings. The summed E-state index contributed by atoms with van der Waals surface area (Å²) >= 11 is 0. The molecule has 10 N–H and O–H groups in total. The third-order valence-electron chi connectivity index (χ3n) is 16.4. The van der Waals surface area contributed by atoms with E-state index in [2.05, 4.69) is 6.92 Å². The van der Waals surface area contributed by atoms with E-state index in [-0.39, 0.29) is 65.7 Å². The molecular weight excluding hydrogens is 1130 g/mol. The number of hydrogen-bond donors (Lipinski definition) is 10. The minimum absolute atomic E-state index is 0.0568. The van der Waals surface area contributed by atoms with E-state index in [1.807, 2.05) is 0 Å². The van der Waals surface area contributed by atoms with Gasteiger partial charge in [0.15, 0.2) is 49.1 Å². The zero-order valence-electron chi connectivity index (χ0n) is 52.1. The number of fused-ring (bicyclic) bond motifs is 2. The number of aliphatic hydroxyl groups excluding tert-OH is 7. The lowest BCUT2D eigenvalue weighted by Crippen LogP contribution is -2.54. The number of Topliss-reactive ketones (excluding diaryl/α,β-unsaturated/α-hetero) is 2. The van der Waals surface area contributed by atoms with E-state index in [0.29, 0.717) is 6.42 Å². The molecule has 3 aliphatic rings. The van der Waals surface area contributed by atoms with E-state index < -0.39 is 170 Å². The molecule has 0 saturated carbocycles. The summed E-state index contributed by atoms with van der Waals surface area (Å²) in [5, 5.41) is 109. The summed E-state index contributed by atoms with van der Waals surface area (Å²) in [7, 11) is 1.20. The van der Waals surface area contributed by atoms with Crippen LogP contribution in [0, 0.1) is 12.8 Å². The lowest BCUT2D eigenvalue weighted by molar-refractivity contribution is -0.298. The van der Waals surface area contributed by atoms with Gasteiger partial charge in [-0.25, -0.2) is 0 Å². The Balaban J connectivity index is 1.35. The molecule has 0 aromatic heterocycles. The zero-order chi connectivity index (χ0) is 64.1. The molecule has 25 heteroatoms. The molecule has 1 aliphatic carbocycles. The van der Waals surface area contributed by atoms with Gasteiger partial charge in [0.25, 0.3) is 0 Å². The number of aromatic hydroxyl groups is 2. The topological polar surface area (TPSA) is 364 Å². The molecule has 0 spiro atoms. The Morgan fingerprint density at radius 2 is 1.38 bits per heavy atom. The molecule has 0 radical (unpaired) electrons. The number of carbonyl (C=O) groups is 3. The van der Waals surface area contributed by atoms with Crippen molar-refractivity contribution in [2.75, 3.05) is 26.9 Å². The maximum Gasteiger partial charge on any atom is 0.306 e. The SMILES string of the molecule is CCCCCCCCCC(=O)O[C@H](C)[C@H](O)C(=O)[C@@H](OC)[C@@H]1Cc2cc3cc(OC(C)OC(C)[C@@H](O)COC(C)OC(C)[C@@H](O)CO)c(C)c(O)c3c(O)c2C(=O)[C@H]1O[C@@H](C)OC(C)[C@@H](O)CO[C@H]1CC(OC2OC(C)[C@@H](O)C2(C)O)[C@@H](O)C(C)O1. The van der Waals surface area contributed by atoms with Crippen LogP contribution in [0.25, 0.3) is 10.8 Å². The van der Waals surface area contributed by atoms with Crippen LogP contribution in [-0.4, -0.2) is 224 Å². The van der Waals surface area contributed by atoms with Crippen molar-refractivity contribution in [3.63, 3.8) is 0 Å². The number of rotatable bonds is 36. The highest BCUT2D eigenvalue weighted by atomic mass is 16.7. The van der Waals surface area contributed by atoms with Gasteiger partial charge in [-0.3, -0.25) is 14.4 Å². The average Bonchev–Trinajstić information content (AvgIpc) is 0.927. The number of carbonyl (C=O) groups excluding carboxylic acids is 3. The Labute approximate surface area is 503 Å². The molecule has 2 aromatic carbocycles. The van der Waals surface area contributed by atoms with E-state index >= 15 is 4.79 Å². The Hall–Kier alpha value is -3.81. The second-order valence-electron chi connectivity index (χ2n) is 23.5. The van der Waals surface area contributed by atoms with Crippen LogP contribution in [0.2, 0.25) is 0 Å². The zero-order valence-corrected chi connectivity index (χ0v) is 52.1. The number of phenolic OH excluding ortho intramolecular Hbond substituents is 2. The van der Waals surface area contributed by atoms with Gasteiger partial charge in [0, 0.05) is 31.4 Å². The molecule has 5 rings (SSSR count). The van der Waals surface area contributed by atoms with Gasteiger partial charge >= 0.3 is 5.97 Å². The number of unbranched alkanes of at least 4 members (excludes halogenated alkanes) is 6. The molecule has 86 heavy (non-hydrogen) atoms. The van der Waals surface area contributed by atoms with Crippen LogP contribution in [0.5, 0.6) is 17.2 Å². The first-order valence-corrected chi connectivity index (χ1v) is 30.2. The molecule has 2 saturated heterocycles. The van der Waals surface area contributed by atoms with E-state index in [4.69, 9.17) is 56.8 Å². The molecule has 10 unspecified atom stereocenters. The summed E-state index contributed by atoms with van der Waals surface area (Å²) in [4.78, 5) is 42.4. The third kappa shape index (κ3) is 18.9. The van der Waals surface area contributed by atoms with Gasteiger partial charge in [0.05, 0.1) is 67.4 Å². The summed E-state index contributed by atoms with van der Waals surface area (Å²) < 4.78 is 70.2. The summed E-state index contributed by atoms with van der Waals surface area (Å²) in [5.41, 5.74) is -1.70. The number of ether oxygens (including phenoxy) is 12. The quantitative estimate of drug-likeness (QED) is 0.0263. The van der Waals surface area contributed by atoms with E-state index in [0.717, 1.165) is 38.5 Å². The standard InChI is InChI=1S/C61H98O25/c1-14-15-16-17-18-19-20-21-47(66)81-34(7)53(69)56(72)57(75-13)41-23-39-22-40-24-45(84-37(10)79-31(4)43(64)27-76-36(9)78-30(3)42(63)26-62)29(2)51(67)49(40)54(70)50(39)55(71)58(41)85-38(11)80-32(5)44(65)28-77-48-25-46(52(68)33(6)82-48)86-60-61(12,74)59(73)35(8)83-60/h22,24,30-38,41-44,46,48,52-53,57-60,62-65,67-70,73-74H,14-21,23,25-28H2,1-13H3/t30?,31?,32?,33?,34-,35?,36?,37?,38+,41+,42+,43+,44+,46?,48-,52+,53+,57+,58+,59-,60?,61?/m1/s1. The average molecular weight is 1230 g/mol. The number of methoxy groups -OCH3 is 1. The van der Waals surface area contributed by atoms with Crippen molar-refractivity contribution in [1.29, 1.82) is 0 Å². The van der Waals surface area contributed by atoms with Crippen molar-refractivity contribution < 1.29 is 122 Å². The van der Waals surface area contributed by atoms with Gasteiger partial charge in [-0.2, -0.15) is 0 Å². The largest absolute Gasteiger partial charge is 0.507 e. The number of ketones is 2. The maximum absolute atomic E-state index is 15.0. The van der Waals surface area contributed by atoms with E-state index in [1.165, 1.54) is 53.9 Å². The van der Waals surface area contributed by atoms with Gasteiger partial charge in [-0.15, -0.1) is 0 Å². The Morgan fingerprint density at radius 1 is 0.779 bits per heavy atom. The number of aliphatic hydroxyl groups is 8. The lowest BCUT2D eigenvalue weighted by Gasteiger charge is -2.40. The highest BCUT2D eigenvalue weighted by Crippen LogP contribution is 2.47. The lowest BCUT2D eigenvalue weighted by atomic mass is 9.75. The predicted octanol–water partition coefficient (Wildman–Crippen LogP) is 3.80. The van der Waals surface area contributed by atoms with Crippen molar-refractivity contribution in [3.8, 4) is 17.2 Å². The van der Waals surface area contributed by atoms with Gasteiger partial charge in [-0.05, 0) is 112 Å². The maximum atomic E-state index is 15.0. The van der Waals surface area contributed by atoms with Crippen LogP contribution in [0.1, 0.15) is 155 Å². The van der Waals surface area contributed by atoms with Gasteiger partial charge in [-0.1, -0.05) is 45.4 Å². The second kappa shape index (κ2) is 33.3. The van der Waals surface area contributed by atoms with Crippen molar-refractivity contribution in [3.05, 3.63) is 28.8 Å². The number of phenols is 2. The summed E-state index contributed by atoms with van der Waals surface area (Å²) in [6, 6.07) is 3.04. The highest BCUT2D eigenvalue weighted by Gasteiger charge is 2.54. The Bertz CT molecular complexity index is 2460. The summed E-state index contributed by atoms with van der Waals surface area (Å²) in [6.45, 7) is 17.6. The van der Waals surface area contributed by atoms with E-state index in [9.17, 15) is 60.7 Å². The molecule has 2 heterocycles. The third-order valence-corrected chi connectivity index (χ3v) is 16.4.